The van der Waals surface area contributed by atoms with E-state index in [2.05, 4.69) is 6.07 Å². The maximum Gasteiger partial charge on any atom is 0.254 e. The van der Waals surface area contributed by atoms with E-state index in [1.807, 2.05) is 55.3 Å². The smallest absolute Gasteiger partial charge is 0.254 e. The van der Waals surface area contributed by atoms with Crippen LogP contribution in [0.4, 0.5) is 5.69 Å². The Kier molecular flexibility index (Phi) is 4.45. The molecule has 0 atom stereocenters. The summed E-state index contributed by atoms with van der Waals surface area (Å²) in [6.45, 7) is 6.61. The van der Waals surface area contributed by atoms with E-state index < -0.39 is 0 Å². The molecule has 20 heavy (non-hydrogen) atoms. The first-order chi connectivity index (χ1) is 9.50. The molecular formula is C16H20N2OS. The van der Waals surface area contributed by atoms with Gasteiger partial charge in [-0.05, 0) is 49.9 Å². The molecule has 0 spiro atoms. The van der Waals surface area contributed by atoms with Crippen molar-refractivity contribution in [3.8, 4) is 0 Å². The second kappa shape index (κ2) is 6.09. The van der Waals surface area contributed by atoms with Crippen molar-refractivity contribution in [3.63, 3.8) is 0 Å². The molecule has 0 aliphatic carbocycles. The molecule has 1 heterocycles. The lowest BCUT2D eigenvalue weighted by Crippen LogP contribution is -2.36. The van der Waals surface area contributed by atoms with Crippen molar-refractivity contribution in [1.82, 2.24) is 4.90 Å². The van der Waals surface area contributed by atoms with Crippen LogP contribution in [0.5, 0.6) is 0 Å². The van der Waals surface area contributed by atoms with Gasteiger partial charge in [0.2, 0.25) is 0 Å². The summed E-state index contributed by atoms with van der Waals surface area (Å²) in [6, 6.07) is 9.71. The molecule has 0 saturated carbocycles. The van der Waals surface area contributed by atoms with E-state index in [4.69, 9.17) is 5.73 Å². The first kappa shape index (κ1) is 14.6. The van der Waals surface area contributed by atoms with Crippen LogP contribution in [0.1, 0.15) is 34.6 Å². The molecule has 3 nitrogen and oxygen atoms in total. The molecule has 0 saturated heterocycles. The van der Waals surface area contributed by atoms with Crippen LogP contribution in [-0.4, -0.2) is 16.8 Å². The maximum atomic E-state index is 12.8. The zero-order chi connectivity index (χ0) is 14.7. The Balaban J connectivity index is 2.29. The average molecular weight is 288 g/mol. The van der Waals surface area contributed by atoms with Crippen molar-refractivity contribution in [2.45, 2.75) is 33.4 Å². The van der Waals surface area contributed by atoms with E-state index in [-0.39, 0.29) is 11.9 Å². The zero-order valence-corrected chi connectivity index (χ0v) is 12.9. The summed E-state index contributed by atoms with van der Waals surface area (Å²) in [7, 11) is 0. The number of benzene rings is 1. The number of nitrogens with zero attached hydrogens (tertiary/aromatic N) is 1. The van der Waals surface area contributed by atoms with Crippen LogP contribution in [0.15, 0.2) is 35.7 Å². The van der Waals surface area contributed by atoms with Crippen molar-refractivity contribution in [3.05, 3.63) is 51.7 Å². The lowest BCUT2D eigenvalue weighted by Gasteiger charge is -2.27. The Morgan fingerprint density at radius 1 is 1.30 bits per heavy atom. The predicted molar refractivity (Wildman–Crippen MR) is 84.9 cm³/mol. The van der Waals surface area contributed by atoms with Crippen LogP contribution < -0.4 is 5.73 Å². The summed E-state index contributed by atoms with van der Waals surface area (Å²) in [6.07, 6.45) is 0. The van der Waals surface area contributed by atoms with Crippen molar-refractivity contribution in [2.75, 3.05) is 5.73 Å². The number of carbonyl (C=O) groups is 1. The average Bonchev–Trinajstić information content (AvgIpc) is 2.91. The number of nitrogens with two attached hydrogens (primary N) is 1. The number of carbonyl (C=O) groups excluding carboxylic acids is 1. The molecule has 1 aromatic heterocycles. The number of hydrogen-bond donors (Lipinski definition) is 1. The fourth-order valence-electron chi connectivity index (χ4n) is 2.10. The quantitative estimate of drug-likeness (QED) is 0.872. The van der Waals surface area contributed by atoms with Gasteiger partial charge in [0, 0.05) is 22.2 Å². The molecule has 0 aliphatic heterocycles. The van der Waals surface area contributed by atoms with Crippen molar-refractivity contribution >= 4 is 22.9 Å². The number of thiophene rings is 1. The van der Waals surface area contributed by atoms with Gasteiger partial charge in [-0.15, -0.1) is 11.3 Å². The number of rotatable bonds is 4. The Hall–Kier alpha value is -1.81. The van der Waals surface area contributed by atoms with Crippen LogP contribution in [-0.2, 0) is 6.54 Å². The normalized spacial score (nSPS) is 10.8. The number of amides is 1. The molecule has 0 fully saturated rings. The van der Waals surface area contributed by atoms with E-state index in [0.717, 1.165) is 5.56 Å². The minimum Gasteiger partial charge on any atom is -0.398 e. The lowest BCUT2D eigenvalue weighted by molar-refractivity contribution is 0.0691. The van der Waals surface area contributed by atoms with Gasteiger partial charge < -0.3 is 10.6 Å². The van der Waals surface area contributed by atoms with Crippen LogP contribution in [0, 0.1) is 6.92 Å². The fraction of sp³-hybridized carbons (Fsp3) is 0.312. The van der Waals surface area contributed by atoms with E-state index in [0.29, 0.717) is 17.8 Å². The highest BCUT2D eigenvalue weighted by Gasteiger charge is 2.21. The fourth-order valence-corrected chi connectivity index (χ4v) is 2.80. The number of hydrogen-bond acceptors (Lipinski definition) is 3. The van der Waals surface area contributed by atoms with Gasteiger partial charge >= 0.3 is 0 Å². The van der Waals surface area contributed by atoms with Gasteiger partial charge in [0.25, 0.3) is 5.91 Å². The minimum absolute atomic E-state index is 0.0400. The highest BCUT2D eigenvalue weighted by atomic mass is 32.1. The summed E-state index contributed by atoms with van der Waals surface area (Å²) in [5.41, 5.74) is 8.11. The molecule has 4 heteroatoms. The molecule has 106 valence electrons. The van der Waals surface area contributed by atoms with Gasteiger partial charge in [-0.25, -0.2) is 0 Å². The molecule has 0 bridgehead atoms. The highest BCUT2D eigenvalue weighted by molar-refractivity contribution is 7.09. The standard InChI is InChI=1S/C16H20N2OS/c1-11(2)18(10-13-6-5-9-20-13)16(19)14-7-4-8-15(17)12(14)3/h4-9,11H,10,17H2,1-3H3. The number of nitrogen functional groups attached to an aromatic ring is 1. The SMILES string of the molecule is Cc1c(N)cccc1C(=O)N(Cc1cccs1)C(C)C. The third-order valence-corrected chi connectivity index (χ3v) is 4.26. The van der Waals surface area contributed by atoms with Crippen molar-refractivity contribution < 1.29 is 4.79 Å². The molecule has 1 amide bonds. The van der Waals surface area contributed by atoms with E-state index in [9.17, 15) is 4.79 Å². The van der Waals surface area contributed by atoms with Crippen LogP contribution in [0.3, 0.4) is 0 Å². The summed E-state index contributed by atoms with van der Waals surface area (Å²) < 4.78 is 0. The predicted octanol–water partition coefficient (Wildman–Crippen LogP) is 3.69. The molecule has 2 rings (SSSR count). The van der Waals surface area contributed by atoms with E-state index in [1.54, 1.807) is 11.3 Å². The summed E-state index contributed by atoms with van der Waals surface area (Å²) >= 11 is 1.67. The second-order valence-electron chi connectivity index (χ2n) is 5.13. The lowest BCUT2D eigenvalue weighted by atomic mass is 10.0. The van der Waals surface area contributed by atoms with Crippen LogP contribution >= 0.6 is 11.3 Å². The molecular weight excluding hydrogens is 268 g/mol. The number of anilines is 1. The van der Waals surface area contributed by atoms with Gasteiger partial charge in [0.1, 0.15) is 0 Å². The van der Waals surface area contributed by atoms with Crippen molar-refractivity contribution in [2.24, 2.45) is 0 Å². The van der Waals surface area contributed by atoms with Gasteiger partial charge in [-0.2, -0.15) is 0 Å². The minimum atomic E-state index is 0.0400. The Morgan fingerprint density at radius 3 is 2.65 bits per heavy atom. The molecule has 0 aliphatic rings. The first-order valence-electron chi connectivity index (χ1n) is 6.69. The Labute approximate surface area is 124 Å². The van der Waals surface area contributed by atoms with Gasteiger partial charge in [-0.1, -0.05) is 12.1 Å². The molecule has 0 unspecified atom stereocenters. The van der Waals surface area contributed by atoms with Gasteiger partial charge in [-0.3, -0.25) is 4.79 Å². The highest BCUT2D eigenvalue weighted by Crippen LogP contribution is 2.21. The largest absolute Gasteiger partial charge is 0.398 e. The molecule has 0 radical (unpaired) electrons. The maximum absolute atomic E-state index is 12.8. The second-order valence-corrected chi connectivity index (χ2v) is 6.16. The van der Waals surface area contributed by atoms with Crippen molar-refractivity contribution in [1.29, 1.82) is 0 Å². The molecule has 2 aromatic rings. The van der Waals surface area contributed by atoms with Crippen LogP contribution in [0.25, 0.3) is 0 Å². The Morgan fingerprint density at radius 2 is 2.05 bits per heavy atom. The van der Waals surface area contributed by atoms with Gasteiger partial charge in [0.15, 0.2) is 0 Å². The zero-order valence-electron chi connectivity index (χ0n) is 12.1. The molecule has 2 N–H and O–H groups in total. The summed E-state index contributed by atoms with van der Waals surface area (Å²) in [5.74, 6) is 0.0400. The van der Waals surface area contributed by atoms with Gasteiger partial charge in [0.05, 0.1) is 6.54 Å². The van der Waals surface area contributed by atoms with Crippen LogP contribution in [0.2, 0.25) is 0 Å². The topological polar surface area (TPSA) is 46.3 Å². The first-order valence-corrected chi connectivity index (χ1v) is 7.57. The van der Waals surface area contributed by atoms with E-state index >= 15 is 0 Å². The molecule has 1 aromatic carbocycles. The van der Waals surface area contributed by atoms with E-state index in [1.165, 1.54) is 4.88 Å². The third kappa shape index (κ3) is 3.02. The summed E-state index contributed by atoms with van der Waals surface area (Å²) in [5, 5.41) is 2.03. The Bertz CT molecular complexity index is 591. The monoisotopic (exact) mass is 288 g/mol. The summed E-state index contributed by atoms with van der Waals surface area (Å²) in [4.78, 5) is 15.8. The third-order valence-electron chi connectivity index (χ3n) is 3.40.